The van der Waals surface area contributed by atoms with Crippen LogP contribution < -0.4 is 9.80 Å². The Morgan fingerprint density at radius 2 is 0.658 bits per heavy atom. The molecule has 0 spiro atoms. The second-order valence-electron chi connectivity index (χ2n) is 18.6. The van der Waals surface area contributed by atoms with Crippen molar-refractivity contribution < 1.29 is 0 Å². The van der Waals surface area contributed by atoms with Gasteiger partial charge in [0.1, 0.15) is 0 Å². The summed E-state index contributed by atoms with van der Waals surface area (Å²) in [6.45, 7) is 0. The molecule has 0 aliphatic heterocycles. The van der Waals surface area contributed by atoms with Gasteiger partial charge in [-0.3, -0.25) is 0 Å². The number of para-hydroxylation sites is 4. The van der Waals surface area contributed by atoms with Gasteiger partial charge >= 0.3 is 0 Å². The van der Waals surface area contributed by atoms with Crippen molar-refractivity contribution in [3.63, 3.8) is 0 Å². The average molecular weight is 932 g/mol. The smallest absolute Gasteiger partial charge is 0.0561 e. The molecule has 0 bridgehead atoms. The summed E-state index contributed by atoms with van der Waals surface area (Å²) in [6, 6.07) is 108. The minimum atomic E-state index is 1.08. The Kier molecular flexibility index (Phi) is 11.2. The molecule has 0 saturated carbocycles. The van der Waals surface area contributed by atoms with Crippen LogP contribution in [0.1, 0.15) is 0 Å². The summed E-state index contributed by atoms with van der Waals surface area (Å²) < 4.78 is 2.40. The van der Waals surface area contributed by atoms with Crippen LogP contribution in [0.15, 0.2) is 297 Å². The maximum atomic E-state index is 2.44. The molecule has 13 aromatic rings. The van der Waals surface area contributed by atoms with Crippen molar-refractivity contribution in [3.05, 3.63) is 297 Å². The van der Waals surface area contributed by atoms with Crippen LogP contribution in [0.3, 0.4) is 0 Å². The van der Waals surface area contributed by atoms with Gasteiger partial charge in [-0.05, 0) is 141 Å². The zero-order valence-corrected chi connectivity index (χ0v) is 40.1. The maximum Gasteiger partial charge on any atom is 0.0561 e. The van der Waals surface area contributed by atoms with Crippen LogP contribution in [-0.4, -0.2) is 4.57 Å². The molecule has 0 atom stereocenters. The van der Waals surface area contributed by atoms with Gasteiger partial charge in [-0.25, -0.2) is 0 Å². The summed E-state index contributed by atoms with van der Waals surface area (Å²) in [6.07, 6.45) is 0. The SMILES string of the molecule is c1ccc(-c2cc3ccccc3cc2N(c2ccc(-c3ccc(-c4ccc(-c5cccc(N(c6ccccc6)c6ccccc6)c5)cc4)cc3)cc2)c2ccc3c4ccccc4n(-c4ccccc4)c3c2)cc1. The fraction of sp³-hybridized carbons (Fsp3) is 0. The van der Waals surface area contributed by atoms with E-state index in [0.29, 0.717) is 0 Å². The highest BCUT2D eigenvalue weighted by Gasteiger charge is 2.22. The van der Waals surface area contributed by atoms with E-state index in [9.17, 15) is 0 Å². The molecule has 73 heavy (non-hydrogen) atoms. The minimum absolute atomic E-state index is 1.08. The molecular weight excluding hydrogens is 883 g/mol. The van der Waals surface area contributed by atoms with Crippen molar-refractivity contribution in [1.29, 1.82) is 0 Å². The third kappa shape index (κ3) is 8.29. The van der Waals surface area contributed by atoms with E-state index in [0.717, 1.165) is 50.9 Å². The summed E-state index contributed by atoms with van der Waals surface area (Å²) in [5.74, 6) is 0. The molecule has 0 N–H and O–H groups in total. The number of anilines is 6. The molecule has 0 aliphatic rings. The van der Waals surface area contributed by atoms with E-state index in [4.69, 9.17) is 0 Å². The predicted molar refractivity (Wildman–Crippen MR) is 309 cm³/mol. The van der Waals surface area contributed by atoms with Crippen LogP contribution >= 0.6 is 0 Å². The summed E-state index contributed by atoms with van der Waals surface area (Å²) in [5, 5.41) is 4.86. The molecular formula is C70H49N3. The molecule has 12 aromatic carbocycles. The summed E-state index contributed by atoms with van der Waals surface area (Å²) in [7, 11) is 0. The monoisotopic (exact) mass is 931 g/mol. The molecule has 0 fully saturated rings. The second kappa shape index (κ2) is 18.9. The van der Waals surface area contributed by atoms with Gasteiger partial charge in [0.05, 0.1) is 16.7 Å². The van der Waals surface area contributed by atoms with Crippen molar-refractivity contribution in [2.75, 3.05) is 9.80 Å². The van der Waals surface area contributed by atoms with Gasteiger partial charge in [0.25, 0.3) is 0 Å². The topological polar surface area (TPSA) is 11.4 Å². The van der Waals surface area contributed by atoms with E-state index in [-0.39, 0.29) is 0 Å². The summed E-state index contributed by atoms with van der Waals surface area (Å²) in [4.78, 5) is 4.75. The van der Waals surface area contributed by atoms with Crippen molar-refractivity contribution in [2.24, 2.45) is 0 Å². The first kappa shape index (κ1) is 43.3. The van der Waals surface area contributed by atoms with Gasteiger partial charge in [0.15, 0.2) is 0 Å². The van der Waals surface area contributed by atoms with Crippen molar-refractivity contribution in [2.45, 2.75) is 0 Å². The average Bonchev–Trinajstić information content (AvgIpc) is 3.80. The van der Waals surface area contributed by atoms with E-state index >= 15 is 0 Å². The molecule has 0 amide bonds. The zero-order chi connectivity index (χ0) is 48.5. The molecule has 0 aliphatic carbocycles. The normalized spacial score (nSPS) is 11.3. The number of hydrogen-bond donors (Lipinski definition) is 0. The van der Waals surface area contributed by atoms with Gasteiger partial charge in [-0.1, -0.05) is 206 Å². The van der Waals surface area contributed by atoms with Crippen LogP contribution in [-0.2, 0) is 0 Å². The first-order valence-corrected chi connectivity index (χ1v) is 25.0. The van der Waals surface area contributed by atoms with Crippen molar-refractivity contribution in [3.8, 4) is 50.2 Å². The highest BCUT2D eigenvalue weighted by Crippen LogP contribution is 2.45. The molecule has 344 valence electrons. The predicted octanol–water partition coefficient (Wildman–Crippen LogP) is 19.5. The van der Waals surface area contributed by atoms with E-state index in [1.165, 1.54) is 66.0 Å². The lowest BCUT2D eigenvalue weighted by Gasteiger charge is -2.29. The molecule has 3 heteroatoms. The van der Waals surface area contributed by atoms with Gasteiger partial charge < -0.3 is 14.4 Å². The quantitative estimate of drug-likeness (QED) is 0.128. The van der Waals surface area contributed by atoms with Gasteiger partial charge in [0.2, 0.25) is 0 Å². The fourth-order valence-electron chi connectivity index (χ4n) is 10.6. The van der Waals surface area contributed by atoms with E-state index < -0.39 is 0 Å². The first-order valence-electron chi connectivity index (χ1n) is 25.0. The standard InChI is InChI=1S/C70H49N3/c1-5-18-55(19-6-1)67-47-57-20-13-14-21-58(57)48-69(67)72(64-44-45-66-65-30-15-16-31-68(65)73(70(66)49-64)61-27-11-4-12-28-61)62-42-40-53(41-43-62)52-34-32-50(33-35-52)51-36-38-54(39-37-51)56-22-17-29-63(46-56)71(59-23-7-2-8-24-59)60-25-9-3-10-26-60/h1-49H. The number of nitrogens with zero attached hydrogens (tertiary/aromatic N) is 3. The summed E-state index contributed by atoms with van der Waals surface area (Å²) >= 11 is 0. The number of aromatic nitrogens is 1. The lowest BCUT2D eigenvalue weighted by molar-refractivity contribution is 1.18. The summed E-state index contributed by atoms with van der Waals surface area (Å²) in [5.41, 5.74) is 19.5. The number of benzene rings is 12. The Balaban J connectivity index is 0.845. The van der Waals surface area contributed by atoms with Gasteiger partial charge in [-0.15, -0.1) is 0 Å². The van der Waals surface area contributed by atoms with Crippen LogP contribution in [0.5, 0.6) is 0 Å². The third-order valence-electron chi connectivity index (χ3n) is 14.1. The van der Waals surface area contributed by atoms with E-state index in [1.54, 1.807) is 0 Å². The highest BCUT2D eigenvalue weighted by molar-refractivity contribution is 6.11. The van der Waals surface area contributed by atoms with Crippen LogP contribution in [0.4, 0.5) is 34.1 Å². The fourth-order valence-corrected chi connectivity index (χ4v) is 10.6. The zero-order valence-electron chi connectivity index (χ0n) is 40.1. The Morgan fingerprint density at radius 1 is 0.233 bits per heavy atom. The van der Waals surface area contributed by atoms with Gasteiger partial charge in [-0.2, -0.15) is 0 Å². The Morgan fingerprint density at radius 3 is 1.27 bits per heavy atom. The van der Waals surface area contributed by atoms with E-state index in [1.807, 2.05) is 0 Å². The minimum Gasteiger partial charge on any atom is -0.310 e. The largest absolute Gasteiger partial charge is 0.310 e. The third-order valence-corrected chi connectivity index (χ3v) is 14.1. The van der Waals surface area contributed by atoms with Crippen LogP contribution in [0.2, 0.25) is 0 Å². The van der Waals surface area contributed by atoms with Crippen LogP contribution in [0, 0.1) is 0 Å². The lowest BCUT2D eigenvalue weighted by Crippen LogP contribution is -2.11. The van der Waals surface area contributed by atoms with Gasteiger partial charge in [0, 0.05) is 50.5 Å². The molecule has 0 saturated heterocycles. The number of rotatable bonds is 11. The molecule has 1 heterocycles. The molecule has 3 nitrogen and oxygen atoms in total. The first-order chi connectivity index (χ1) is 36.2. The van der Waals surface area contributed by atoms with Crippen molar-refractivity contribution >= 4 is 66.7 Å². The molecule has 0 unspecified atom stereocenters. The Labute approximate surface area is 426 Å². The molecule has 1 aromatic heterocycles. The second-order valence-corrected chi connectivity index (χ2v) is 18.6. The highest BCUT2D eigenvalue weighted by atomic mass is 15.2. The number of hydrogen-bond acceptors (Lipinski definition) is 2. The number of fused-ring (bicyclic) bond motifs is 4. The molecule has 0 radical (unpaired) electrons. The van der Waals surface area contributed by atoms with Crippen molar-refractivity contribution in [1.82, 2.24) is 4.57 Å². The lowest BCUT2D eigenvalue weighted by atomic mass is 9.96. The Hall–Kier alpha value is -9.70. The van der Waals surface area contributed by atoms with Crippen LogP contribution in [0.25, 0.3) is 82.8 Å². The van der Waals surface area contributed by atoms with E-state index in [2.05, 4.69) is 312 Å². The maximum absolute atomic E-state index is 2.44. The molecule has 13 rings (SSSR count). The Bertz CT molecular complexity index is 4000.